The van der Waals surface area contributed by atoms with E-state index < -0.39 is 0 Å². The number of unbranched alkanes of at least 4 members (excludes halogenated alkanes) is 8. The number of Topliss-reactive ketones (excluding diaryl/α,β-unsaturated/α-hetero) is 2. The van der Waals surface area contributed by atoms with Gasteiger partial charge in [-0.2, -0.15) is 0 Å². The minimum atomic E-state index is -0.350. The van der Waals surface area contributed by atoms with Crippen molar-refractivity contribution >= 4 is 35.2 Å². The molecule has 0 aromatic heterocycles. The first-order chi connectivity index (χ1) is 44.9. The van der Waals surface area contributed by atoms with E-state index >= 15 is 0 Å². The molecular formula is C71H109N9O12. The van der Waals surface area contributed by atoms with Crippen LogP contribution in [-0.4, -0.2) is 139 Å². The van der Waals surface area contributed by atoms with Gasteiger partial charge < -0.3 is 77.9 Å². The maximum absolute atomic E-state index is 14.4. The largest absolute Gasteiger partial charge is 0.496 e. The van der Waals surface area contributed by atoms with Crippen LogP contribution in [0.1, 0.15) is 248 Å². The molecule has 0 radical (unpaired) electrons. The number of amides is 4. The van der Waals surface area contributed by atoms with E-state index in [1.54, 1.807) is 36.4 Å². The van der Waals surface area contributed by atoms with Crippen LogP contribution < -0.4 is 77.9 Å². The summed E-state index contributed by atoms with van der Waals surface area (Å²) < 4.78 is 36.6. The third-order valence-electron chi connectivity index (χ3n) is 18.6. The maximum Gasteiger partial charge on any atom is 0.255 e. The zero-order chi connectivity index (χ0) is 65.5. The van der Waals surface area contributed by atoms with Crippen molar-refractivity contribution in [3.63, 3.8) is 0 Å². The van der Waals surface area contributed by atoms with Crippen LogP contribution in [0.2, 0.25) is 0 Å². The number of rotatable bonds is 40. The molecule has 1 saturated heterocycles. The minimum absolute atomic E-state index is 0.0104. The molecule has 4 amide bonds. The summed E-state index contributed by atoms with van der Waals surface area (Å²) in [6.45, 7) is 5.44. The van der Waals surface area contributed by atoms with Gasteiger partial charge in [-0.15, -0.1) is 0 Å². The van der Waals surface area contributed by atoms with Gasteiger partial charge in [0.2, 0.25) is 0 Å². The third-order valence-corrected chi connectivity index (χ3v) is 18.6. The van der Waals surface area contributed by atoms with Gasteiger partial charge in [-0.25, -0.2) is 0 Å². The molecule has 3 saturated carbocycles. The lowest BCUT2D eigenvalue weighted by atomic mass is 9.81. The molecule has 4 fully saturated rings. The molecule has 21 heteroatoms. The van der Waals surface area contributed by atoms with Crippen molar-refractivity contribution in [3.8, 4) is 34.5 Å². The number of methoxy groups -OCH3 is 2. The lowest BCUT2D eigenvalue weighted by Crippen LogP contribution is -2.43. The van der Waals surface area contributed by atoms with Crippen LogP contribution in [0, 0.1) is 11.8 Å². The van der Waals surface area contributed by atoms with Crippen LogP contribution in [0.5, 0.6) is 34.5 Å². The Kier molecular flexibility index (Phi) is 31.6. The highest BCUT2D eigenvalue weighted by Crippen LogP contribution is 2.38. The molecule has 21 nitrogen and oxygen atoms in total. The molecule has 1 heterocycles. The summed E-state index contributed by atoms with van der Waals surface area (Å²) in [5.41, 5.74) is 24.7. The van der Waals surface area contributed by atoms with Crippen molar-refractivity contribution in [1.29, 1.82) is 0 Å². The maximum atomic E-state index is 14.4. The lowest BCUT2D eigenvalue weighted by molar-refractivity contribution is 0.0889. The van der Waals surface area contributed by atoms with Gasteiger partial charge in [-0.1, -0.05) is 19.3 Å². The number of nitrogens with two attached hydrogens (primary N) is 4. The molecule has 0 unspecified atom stereocenters. The minimum Gasteiger partial charge on any atom is -0.496 e. The lowest BCUT2D eigenvalue weighted by Gasteiger charge is -2.29. The van der Waals surface area contributed by atoms with E-state index in [4.69, 9.17) is 51.4 Å². The van der Waals surface area contributed by atoms with Gasteiger partial charge in [0.05, 0.1) is 74.0 Å². The fourth-order valence-corrected chi connectivity index (χ4v) is 13.1. The number of hydrogen-bond donors (Lipinski definition) is 9. The van der Waals surface area contributed by atoms with Crippen molar-refractivity contribution in [1.82, 2.24) is 26.6 Å². The number of hydrogen-bond acceptors (Lipinski definition) is 17. The van der Waals surface area contributed by atoms with Crippen LogP contribution in [0.3, 0.4) is 0 Å². The van der Waals surface area contributed by atoms with Crippen LogP contribution in [0.4, 0.5) is 0 Å². The van der Waals surface area contributed by atoms with Crippen LogP contribution in [0.25, 0.3) is 0 Å². The summed E-state index contributed by atoms with van der Waals surface area (Å²) in [6, 6.07) is 9.53. The second kappa shape index (κ2) is 39.9. The van der Waals surface area contributed by atoms with Gasteiger partial charge in [0.25, 0.3) is 23.6 Å². The Hall–Kier alpha value is -6.52. The number of carbonyl (C=O) groups is 6. The average Bonchev–Trinajstić information content (AvgIpc) is 0.851. The fraction of sp³-hybridized carbons (Fsp3) is 0.662. The number of nitrogens with one attached hydrogen (secondary N) is 5. The second-order valence-electron chi connectivity index (χ2n) is 25.7. The summed E-state index contributed by atoms with van der Waals surface area (Å²) in [6.07, 6.45) is 22.3. The van der Waals surface area contributed by atoms with Gasteiger partial charge in [-0.3, -0.25) is 28.8 Å². The Balaban J connectivity index is 0.971. The average molecular weight is 1280 g/mol. The number of ether oxygens (including phenoxy) is 6. The zero-order valence-electron chi connectivity index (χ0n) is 55.2. The third kappa shape index (κ3) is 22.9. The Morgan fingerprint density at radius 1 is 0.359 bits per heavy atom. The molecule has 92 heavy (non-hydrogen) atoms. The van der Waals surface area contributed by atoms with Crippen molar-refractivity contribution < 1.29 is 57.2 Å². The molecule has 3 aromatic rings. The van der Waals surface area contributed by atoms with E-state index in [9.17, 15) is 28.8 Å². The monoisotopic (exact) mass is 1280 g/mol. The van der Waals surface area contributed by atoms with Gasteiger partial charge >= 0.3 is 0 Å². The summed E-state index contributed by atoms with van der Waals surface area (Å²) in [5.74, 6) is 0.563. The smallest absolute Gasteiger partial charge is 0.255 e. The first kappa shape index (κ1) is 72.9. The summed E-state index contributed by atoms with van der Waals surface area (Å²) in [7, 11) is 2.99. The molecule has 3 aliphatic carbocycles. The number of benzene rings is 3. The van der Waals surface area contributed by atoms with E-state index in [-0.39, 0.29) is 101 Å². The van der Waals surface area contributed by atoms with Gasteiger partial charge in [-0.05, 0) is 223 Å². The predicted octanol–water partition coefficient (Wildman–Crippen LogP) is 9.40. The van der Waals surface area contributed by atoms with E-state index in [1.165, 1.54) is 14.2 Å². The van der Waals surface area contributed by atoms with E-state index in [1.807, 2.05) is 0 Å². The molecule has 1 aliphatic heterocycles. The fourth-order valence-electron chi connectivity index (χ4n) is 13.1. The van der Waals surface area contributed by atoms with E-state index in [0.29, 0.717) is 155 Å². The highest BCUT2D eigenvalue weighted by molar-refractivity contribution is 6.06. The highest BCUT2D eigenvalue weighted by atomic mass is 16.5. The normalized spacial score (nSPS) is 18.7. The van der Waals surface area contributed by atoms with Crippen molar-refractivity contribution in [2.75, 3.05) is 79.9 Å². The topological polar surface area (TPSA) is 322 Å². The van der Waals surface area contributed by atoms with Crippen molar-refractivity contribution in [3.05, 3.63) is 69.8 Å². The highest BCUT2D eigenvalue weighted by Gasteiger charge is 2.33. The second-order valence-corrected chi connectivity index (χ2v) is 25.7. The number of piperidine rings is 1. The molecule has 0 spiro atoms. The molecule has 0 bridgehead atoms. The molecule has 13 N–H and O–H groups in total. The van der Waals surface area contributed by atoms with Crippen molar-refractivity contribution in [2.24, 2.45) is 34.8 Å². The molecule has 0 atom stereocenters. The summed E-state index contributed by atoms with van der Waals surface area (Å²) >= 11 is 0. The summed E-state index contributed by atoms with van der Waals surface area (Å²) in [5, 5.41) is 16.2. The quantitative estimate of drug-likeness (QED) is 0.0189. The van der Waals surface area contributed by atoms with Crippen molar-refractivity contribution in [2.45, 2.75) is 210 Å². The molecule has 7 rings (SSSR count). The Labute approximate surface area is 546 Å². The zero-order valence-corrected chi connectivity index (χ0v) is 55.2. The van der Waals surface area contributed by atoms with Gasteiger partial charge in [0.1, 0.15) is 34.5 Å². The van der Waals surface area contributed by atoms with Crippen LogP contribution >= 0.6 is 0 Å². The number of ketones is 2. The first-order valence-corrected chi connectivity index (χ1v) is 34.8. The molecule has 4 aliphatic rings. The molecular weight excluding hydrogens is 1170 g/mol. The van der Waals surface area contributed by atoms with Gasteiger partial charge in [0, 0.05) is 55.2 Å². The predicted molar refractivity (Wildman–Crippen MR) is 358 cm³/mol. The SMILES string of the molecule is COc1cc(OC)c(C(=O)CC2CCC(NC(=O)c3cc(C(=O)NC4CCNCC4)c(OCCCCCN)cc3OCCCCCN)CC2)cc1C(=O)CC1CCC(NC(=O)c2cc(C(=O)NC3CCCCC3)c(OCCCCCN)cc2OCCCCCN)CC1. The Bertz CT molecular complexity index is 2630. The molecule has 3 aromatic carbocycles. The van der Waals surface area contributed by atoms with Crippen LogP contribution in [0.15, 0.2) is 36.4 Å². The van der Waals surface area contributed by atoms with E-state index in [2.05, 4.69) is 26.6 Å². The van der Waals surface area contributed by atoms with Crippen LogP contribution in [-0.2, 0) is 0 Å². The Morgan fingerprint density at radius 2 is 0.652 bits per heavy atom. The van der Waals surface area contributed by atoms with Gasteiger partial charge in [0.15, 0.2) is 11.6 Å². The first-order valence-electron chi connectivity index (χ1n) is 34.8. The number of carbonyl (C=O) groups excluding carboxylic acids is 6. The summed E-state index contributed by atoms with van der Waals surface area (Å²) in [4.78, 5) is 85.6. The van der Waals surface area contributed by atoms with E-state index in [0.717, 1.165) is 135 Å². The molecule has 510 valence electrons. The standard InChI is InChI=1S/C71H109N9O12/c1-87-62-45-63(88-2)55(61(82)41-49-22-26-52(27-23-49)79-70(85)58-44-59(71(86)80-53-28-34-76-35-29-53)67(92-39-17-7-13-33-75)47-66(58)91-38-16-6-12-32-74)42-54(62)60(81)40-48-20-24-51(25-21-48)78-69(84)57-43-56(68(83)77-50-18-8-3-9-19-50)64(89-36-14-4-10-30-72)46-65(57)90-37-15-5-11-31-73/h42-53,76H,3-41,72-75H2,1-2H3,(H,77,83)(H,78,84)(H,79,85)(H,80,86). The Morgan fingerprint density at radius 3 is 0.967 bits per heavy atom.